The molecule has 0 aliphatic heterocycles. The molecule has 26 heavy (non-hydrogen) atoms. The van der Waals surface area contributed by atoms with Crippen LogP contribution in [0.15, 0.2) is 48.5 Å². The van der Waals surface area contributed by atoms with Gasteiger partial charge >= 0.3 is 5.97 Å². The molecule has 0 saturated carbocycles. The highest BCUT2D eigenvalue weighted by molar-refractivity contribution is 6.33. The molecule has 0 aliphatic carbocycles. The van der Waals surface area contributed by atoms with Crippen LogP contribution in [-0.2, 0) is 14.3 Å². The van der Waals surface area contributed by atoms with E-state index in [1.165, 1.54) is 6.92 Å². The zero-order chi connectivity index (χ0) is 18.9. The molecule has 0 fully saturated rings. The Labute approximate surface area is 157 Å². The average Bonchev–Trinajstić information content (AvgIpc) is 2.63. The third-order valence-corrected chi connectivity index (χ3v) is 3.63. The average molecular weight is 378 g/mol. The summed E-state index contributed by atoms with van der Waals surface area (Å²) < 4.78 is 15.9. The van der Waals surface area contributed by atoms with Crippen molar-refractivity contribution in [2.24, 2.45) is 0 Å². The molecule has 138 valence electrons. The van der Waals surface area contributed by atoms with Gasteiger partial charge in [0.2, 0.25) is 0 Å². The van der Waals surface area contributed by atoms with E-state index in [4.69, 9.17) is 25.8 Å². The maximum absolute atomic E-state index is 12.1. The summed E-state index contributed by atoms with van der Waals surface area (Å²) in [5.41, 5.74) is 0.448. The van der Waals surface area contributed by atoms with E-state index in [2.05, 4.69) is 5.32 Å². The Morgan fingerprint density at radius 3 is 2.31 bits per heavy atom. The quantitative estimate of drug-likeness (QED) is 0.710. The first-order chi connectivity index (χ1) is 12.5. The summed E-state index contributed by atoms with van der Waals surface area (Å²) in [5, 5.41) is 3.00. The minimum Gasteiger partial charge on any atom is -0.490 e. The number of carbonyl (C=O) groups is 2. The topological polar surface area (TPSA) is 73.9 Å². The van der Waals surface area contributed by atoms with Gasteiger partial charge < -0.3 is 19.5 Å². The minimum absolute atomic E-state index is 0.339. The predicted octanol–water partition coefficient (Wildman–Crippen LogP) is 3.69. The first kappa shape index (κ1) is 19.6. The van der Waals surface area contributed by atoms with Gasteiger partial charge in [0.1, 0.15) is 0 Å². The van der Waals surface area contributed by atoms with E-state index < -0.39 is 18.0 Å². The number of halogens is 1. The van der Waals surface area contributed by atoms with E-state index in [0.29, 0.717) is 28.8 Å². The molecule has 2 rings (SSSR count). The van der Waals surface area contributed by atoms with Crippen molar-refractivity contribution in [3.05, 3.63) is 53.6 Å². The largest absolute Gasteiger partial charge is 0.490 e. The highest BCUT2D eigenvalue weighted by Crippen LogP contribution is 2.26. The van der Waals surface area contributed by atoms with Gasteiger partial charge in [-0.15, -0.1) is 0 Å². The number of benzene rings is 2. The normalized spacial score (nSPS) is 11.3. The van der Waals surface area contributed by atoms with Gasteiger partial charge in [0.15, 0.2) is 24.2 Å². The Kier molecular flexibility index (Phi) is 7.29. The molecule has 6 nitrogen and oxygen atoms in total. The molecule has 0 unspecified atom stereocenters. The maximum atomic E-state index is 12.1. The van der Waals surface area contributed by atoms with Crippen LogP contribution < -0.4 is 14.8 Å². The Morgan fingerprint density at radius 2 is 1.65 bits per heavy atom. The van der Waals surface area contributed by atoms with Crippen molar-refractivity contribution in [2.75, 3.05) is 18.5 Å². The Bertz CT molecular complexity index is 765. The molecule has 0 aromatic heterocycles. The van der Waals surface area contributed by atoms with Crippen molar-refractivity contribution in [3.8, 4) is 11.5 Å². The molecule has 0 bridgehead atoms. The number of carbonyl (C=O) groups excluding carboxylic acids is 2. The van der Waals surface area contributed by atoms with Crippen molar-refractivity contribution in [1.29, 1.82) is 0 Å². The lowest BCUT2D eigenvalue weighted by Crippen LogP contribution is -2.31. The third kappa shape index (κ3) is 5.67. The smallest absolute Gasteiger partial charge is 0.344 e. The van der Waals surface area contributed by atoms with Crippen LogP contribution in [-0.4, -0.2) is 31.2 Å². The van der Waals surface area contributed by atoms with Crippen LogP contribution >= 0.6 is 11.6 Å². The molecule has 0 aliphatic rings. The molecule has 1 amide bonds. The van der Waals surface area contributed by atoms with Crippen LogP contribution in [0.4, 0.5) is 5.69 Å². The lowest BCUT2D eigenvalue weighted by atomic mass is 10.3. The van der Waals surface area contributed by atoms with Gasteiger partial charge in [-0.25, -0.2) is 4.79 Å². The van der Waals surface area contributed by atoms with Gasteiger partial charge in [0.25, 0.3) is 5.91 Å². The second-order valence-corrected chi connectivity index (χ2v) is 5.68. The Hall–Kier alpha value is -2.73. The first-order valence-corrected chi connectivity index (χ1v) is 8.48. The van der Waals surface area contributed by atoms with Crippen molar-refractivity contribution in [2.45, 2.75) is 20.0 Å². The highest BCUT2D eigenvalue weighted by atomic mass is 35.5. The molecule has 2 aromatic carbocycles. The van der Waals surface area contributed by atoms with Gasteiger partial charge in [-0.3, -0.25) is 4.79 Å². The van der Waals surface area contributed by atoms with Gasteiger partial charge in [0, 0.05) is 0 Å². The number of nitrogens with one attached hydrogen (secondary N) is 1. The summed E-state index contributed by atoms with van der Waals surface area (Å²) in [7, 11) is 0. The van der Waals surface area contributed by atoms with Gasteiger partial charge in [-0.05, 0) is 38.1 Å². The standard InChI is InChI=1S/C19H20ClNO5/c1-3-24-16-10-6-7-11-17(16)25-12-18(22)26-13(2)19(23)21-15-9-5-4-8-14(15)20/h4-11,13H,3,12H2,1-2H3,(H,21,23)/t13-/m0/s1. The lowest BCUT2D eigenvalue weighted by molar-refractivity contribution is -0.155. The zero-order valence-electron chi connectivity index (χ0n) is 14.5. The van der Waals surface area contributed by atoms with E-state index >= 15 is 0 Å². The second kappa shape index (κ2) is 9.68. The number of hydrogen-bond donors (Lipinski definition) is 1. The summed E-state index contributed by atoms with van der Waals surface area (Å²) in [6, 6.07) is 13.8. The van der Waals surface area contributed by atoms with E-state index in [0.717, 1.165) is 0 Å². The summed E-state index contributed by atoms with van der Waals surface area (Å²) in [5.74, 6) is -0.189. The number of esters is 1. The van der Waals surface area contributed by atoms with Gasteiger partial charge in [0.05, 0.1) is 17.3 Å². The third-order valence-electron chi connectivity index (χ3n) is 3.30. The number of amides is 1. The molecular weight excluding hydrogens is 358 g/mol. The van der Waals surface area contributed by atoms with Crippen LogP contribution in [0, 0.1) is 0 Å². The second-order valence-electron chi connectivity index (χ2n) is 5.27. The Morgan fingerprint density at radius 1 is 1.04 bits per heavy atom. The molecule has 0 saturated heterocycles. The lowest BCUT2D eigenvalue weighted by Gasteiger charge is -2.15. The molecule has 1 N–H and O–H groups in total. The van der Waals surface area contributed by atoms with Crippen LogP contribution in [0.2, 0.25) is 5.02 Å². The van der Waals surface area contributed by atoms with Gasteiger partial charge in [-0.1, -0.05) is 35.9 Å². The number of ether oxygens (including phenoxy) is 3. The van der Waals surface area contributed by atoms with E-state index in [9.17, 15) is 9.59 Å². The van der Waals surface area contributed by atoms with Crippen molar-refractivity contribution in [1.82, 2.24) is 0 Å². The molecule has 7 heteroatoms. The molecule has 0 spiro atoms. The summed E-state index contributed by atoms with van der Waals surface area (Å²) in [6.45, 7) is 3.46. The van der Waals surface area contributed by atoms with Crippen LogP contribution in [0.5, 0.6) is 11.5 Å². The first-order valence-electron chi connectivity index (χ1n) is 8.10. The highest BCUT2D eigenvalue weighted by Gasteiger charge is 2.19. The van der Waals surface area contributed by atoms with E-state index in [1.54, 1.807) is 48.5 Å². The van der Waals surface area contributed by atoms with Gasteiger partial charge in [-0.2, -0.15) is 0 Å². The SMILES string of the molecule is CCOc1ccccc1OCC(=O)O[C@@H](C)C(=O)Nc1ccccc1Cl. The fraction of sp³-hybridized carbons (Fsp3) is 0.263. The summed E-state index contributed by atoms with van der Waals surface area (Å²) >= 11 is 5.98. The molecule has 2 aromatic rings. The number of rotatable bonds is 8. The van der Waals surface area contributed by atoms with E-state index in [-0.39, 0.29) is 6.61 Å². The van der Waals surface area contributed by atoms with Crippen LogP contribution in [0.3, 0.4) is 0 Å². The van der Waals surface area contributed by atoms with Crippen molar-refractivity contribution < 1.29 is 23.8 Å². The summed E-state index contributed by atoms with van der Waals surface area (Å²) in [6.07, 6.45) is -0.996. The molecular formula is C19H20ClNO5. The fourth-order valence-electron chi connectivity index (χ4n) is 2.06. The Balaban J connectivity index is 1.85. The summed E-state index contributed by atoms with van der Waals surface area (Å²) in [4.78, 5) is 24.0. The molecule has 0 radical (unpaired) electrons. The number of para-hydroxylation sites is 3. The maximum Gasteiger partial charge on any atom is 0.344 e. The van der Waals surface area contributed by atoms with Crippen molar-refractivity contribution in [3.63, 3.8) is 0 Å². The molecule has 1 atom stereocenters. The van der Waals surface area contributed by atoms with Crippen LogP contribution in [0.25, 0.3) is 0 Å². The monoisotopic (exact) mass is 377 g/mol. The fourth-order valence-corrected chi connectivity index (χ4v) is 2.25. The van der Waals surface area contributed by atoms with Crippen molar-refractivity contribution >= 4 is 29.2 Å². The predicted molar refractivity (Wildman–Crippen MR) is 98.7 cm³/mol. The number of hydrogen-bond acceptors (Lipinski definition) is 5. The minimum atomic E-state index is -0.996. The molecule has 0 heterocycles. The van der Waals surface area contributed by atoms with E-state index in [1.807, 2.05) is 6.92 Å². The van der Waals surface area contributed by atoms with Crippen LogP contribution in [0.1, 0.15) is 13.8 Å². The number of anilines is 1. The zero-order valence-corrected chi connectivity index (χ0v) is 15.3.